The Morgan fingerprint density at radius 3 is 2.52 bits per heavy atom. The maximum atomic E-state index is 12.2. The molecule has 0 N–H and O–H groups in total. The fourth-order valence-corrected chi connectivity index (χ4v) is 3.45. The molecule has 0 bridgehead atoms. The smallest absolute Gasteiger partial charge is 0.140 e. The minimum atomic E-state index is 0.163. The molecular weight excluding hydrogens is 280 g/mol. The number of carbonyl (C=O) groups is 1. The highest BCUT2D eigenvalue weighted by atomic mass is 16.1. The molecule has 0 aliphatic heterocycles. The normalized spacial score (nSPS) is 22.7. The molecule has 2 atom stereocenters. The SMILES string of the molecule is CCCC/C=C\C[C@H]1CCC(=O)C1/C=C/C(C)(C)CCCCC. The van der Waals surface area contributed by atoms with Crippen molar-refractivity contribution < 1.29 is 4.79 Å². The molecule has 0 radical (unpaired) electrons. The first-order chi connectivity index (χ1) is 11.0. The van der Waals surface area contributed by atoms with Crippen LogP contribution in [0.3, 0.4) is 0 Å². The molecule has 1 unspecified atom stereocenters. The summed E-state index contributed by atoms with van der Waals surface area (Å²) >= 11 is 0. The van der Waals surface area contributed by atoms with Crippen LogP contribution in [0.2, 0.25) is 0 Å². The Labute approximate surface area is 144 Å². The van der Waals surface area contributed by atoms with Crippen molar-refractivity contribution >= 4 is 5.78 Å². The van der Waals surface area contributed by atoms with Gasteiger partial charge in [-0.3, -0.25) is 4.79 Å². The average Bonchev–Trinajstić information content (AvgIpc) is 2.86. The van der Waals surface area contributed by atoms with E-state index in [9.17, 15) is 4.79 Å². The van der Waals surface area contributed by atoms with Crippen LogP contribution >= 0.6 is 0 Å². The van der Waals surface area contributed by atoms with Crippen molar-refractivity contribution in [3.8, 4) is 0 Å². The maximum absolute atomic E-state index is 12.2. The fourth-order valence-electron chi connectivity index (χ4n) is 3.45. The molecule has 0 spiro atoms. The summed E-state index contributed by atoms with van der Waals surface area (Å²) in [7, 11) is 0. The summed E-state index contributed by atoms with van der Waals surface area (Å²) in [6, 6.07) is 0. The van der Waals surface area contributed by atoms with Crippen LogP contribution in [0.15, 0.2) is 24.3 Å². The van der Waals surface area contributed by atoms with Crippen molar-refractivity contribution in [3.63, 3.8) is 0 Å². The average molecular weight is 319 g/mol. The Morgan fingerprint density at radius 2 is 1.83 bits per heavy atom. The third-order valence-corrected chi connectivity index (χ3v) is 5.15. The number of hydrogen-bond donors (Lipinski definition) is 0. The van der Waals surface area contributed by atoms with E-state index in [1.165, 1.54) is 44.9 Å². The number of allylic oxidation sites excluding steroid dienone is 4. The second-order valence-corrected chi connectivity index (χ2v) is 7.94. The summed E-state index contributed by atoms with van der Waals surface area (Å²) in [4.78, 5) is 12.2. The molecule has 0 saturated heterocycles. The van der Waals surface area contributed by atoms with Crippen LogP contribution in [0.5, 0.6) is 0 Å². The van der Waals surface area contributed by atoms with Gasteiger partial charge in [0.2, 0.25) is 0 Å². The van der Waals surface area contributed by atoms with Gasteiger partial charge in [0.1, 0.15) is 5.78 Å². The van der Waals surface area contributed by atoms with Crippen LogP contribution in [0, 0.1) is 17.3 Å². The molecular formula is C22H38O. The molecule has 0 aromatic heterocycles. The summed E-state index contributed by atoms with van der Waals surface area (Å²) in [5.74, 6) is 1.15. The molecule has 1 fully saturated rings. The Balaban J connectivity index is 2.51. The Hall–Kier alpha value is -0.850. The predicted octanol–water partition coefficient (Wildman–Crippen LogP) is 6.88. The molecule has 132 valence electrons. The maximum Gasteiger partial charge on any atom is 0.140 e. The largest absolute Gasteiger partial charge is 0.299 e. The van der Waals surface area contributed by atoms with Crippen molar-refractivity contribution in [2.75, 3.05) is 0 Å². The van der Waals surface area contributed by atoms with Gasteiger partial charge in [-0.15, -0.1) is 0 Å². The Morgan fingerprint density at radius 1 is 1.09 bits per heavy atom. The van der Waals surface area contributed by atoms with Crippen LogP contribution in [0.25, 0.3) is 0 Å². The summed E-state index contributed by atoms with van der Waals surface area (Å²) < 4.78 is 0. The number of ketones is 1. The molecule has 0 heterocycles. The lowest BCUT2D eigenvalue weighted by Gasteiger charge is -2.21. The monoisotopic (exact) mass is 318 g/mol. The van der Waals surface area contributed by atoms with Gasteiger partial charge in [-0.25, -0.2) is 0 Å². The lowest BCUT2D eigenvalue weighted by Crippen LogP contribution is -2.14. The molecule has 1 saturated carbocycles. The molecule has 1 heteroatoms. The lowest BCUT2D eigenvalue weighted by atomic mass is 9.83. The molecule has 1 aliphatic rings. The molecule has 1 rings (SSSR count). The van der Waals surface area contributed by atoms with Gasteiger partial charge in [0, 0.05) is 12.3 Å². The van der Waals surface area contributed by atoms with Gasteiger partial charge >= 0.3 is 0 Å². The molecule has 0 aromatic rings. The highest BCUT2D eigenvalue weighted by Crippen LogP contribution is 2.35. The first kappa shape index (κ1) is 20.2. The van der Waals surface area contributed by atoms with Gasteiger partial charge in [0.15, 0.2) is 0 Å². The summed E-state index contributed by atoms with van der Waals surface area (Å²) in [6.45, 7) is 9.09. The van der Waals surface area contributed by atoms with Gasteiger partial charge < -0.3 is 0 Å². The van der Waals surface area contributed by atoms with Gasteiger partial charge in [0.05, 0.1) is 0 Å². The second kappa shape index (κ2) is 10.8. The van der Waals surface area contributed by atoms with E-state index in [0.29, 0.717) is 11.7 Å². The molecule has 23 heavy (non-hydrogen) atoms. The van der Waals surface area contributed by atoms with Gasteiger partial charge in [0.25, 0.3) is 0 Å². The summed E-state index contributed by atoms with van der Waals surface area (Å²) in [6.07, 6.45) is 20.9. The predicted molar refractivity (Wildman–Crippen MR) is 102 cm³/mol. The van der Waals surface area contributed by atoms with E-state index in [1.807, 2.05) is 0 Å². The van der Waals surface area contributed by atoms with Crippen molar-refractivity contribution in [1.29, 1.82) is 0 Å². The van der Waals surface area contributed by atoms with Crippen molar-refractivity contribution in [2.24, 2.45) is 17.3 Å². The van der Waals surface area contributed by atoms with Gasteiger partial charge in [-0.1, -0.05) is 84.1 Å². The Bertz CT molecular complexity index is 389. The van der Waals surface area contributed by atoms with Crippen molar-refractivity contribution in [3.05, 3.63) is 24.3 Å². The third-order valence-electron chi connectivity index (χ3n) is 5.15. The van der Waals surface area contributed by atoms with E-state index in [4.69, 9.17) is 0 Å². The second-order valence-electron chi connectivity index (χ2n) is 7.94. The van der Waals surface area contributed by atoms with Crippen LogP contribution in [0.1, 0.15) is 91.9 Å². The highest BCUT2D eigenvalue weighted by molar-refractivity contribution is 5.85. The van der Waals surface area contributed by atoms with E-state index >= 15 is 0 Å². The van der Waals surface area contributed by atoms with Crippen LogP contribution in [-0.2, 0) is 4.79 Å². The molecule has 1 nitrogen and oxygen atoms in total. The van der Waals surface area contributed by atoms with Crippen molar-refractivity contribution in [2.45, 2.75) is 91.9 Å². The number of rotatable bonds is 11. The van der Waals surface area contributed by atoms with Crippen LogP contribution in [-0.4, -0.2) is 5.78 Å². The molecule has 0 aromatic carbocycles. The first-order valence-corrected chi connectivity index (χ1v) is 9.87. The quantitative estimate of drug-likeness (QED) is 0.300. The van der Waals surface area contributed by atoms with E-state index in [0.717, 1.165) is 19.3 Å². The topological polar surface area (TPSA) is 17.1 Å². The fraction of sp³-hybridized carbons (Fsp3) is 0.773. The minimum absolute atomic E-state index is 0.163. The summed E-state index contributed by atoms with van der Waals surface area (Å²) in [5, 5.41) is 0. The zero-order valence-electron chi connectivity index (χ0n) is 15.9. The standard InChI is InChI=1S/C22H38O/c1-5-7-9-10-11-13-19-14-15-21(23)20(19)16-18-22(3,4)17-12-8-6-2/h10-11,16,18-20H,5-9,12-15,17H2,1-4H3/b11-10-,18-16+/t19-,20?/m0/s1. The van der Waals surface area contributed by atoms with Gasteiger partial charge in [-0.2, -0.15) is 0 Å². The number of unbranched alkanes of at least 4 members (excludes halogenated alkanes) is 4. The summed E-state index contributed by atoms with van der Waals surface area (Å²) in [5.41, 5.74) is 0.222. The van der Waals surface area contributed by atoms with Gasteiger partial charge in [-0.05, 0) is 37.0 Å². The highest BCUT2D eigenvalue weighted by Gasteiger charge is 2.32. The van der Waals surface area contributed by atoms with E-state index < -0.39 is 0 Å². The van der Waals surface area contributed by atoms with Crippen LogP contribution in [0.4, 0.5) is 0 Å². The third kappa shape index (κ3) is 7.99. The minimum Gasteiger partial charge on any atom is -0.299 e. The zero-order chi connectivity index (χ0) is 17.1. The lowest BCUT2D eigenvalue weighted by molar-refractivity contribution is -0.119. The molecule has 0 amide bonds. The first-order valence-electron chi connectivity index (χ1n) is 9.87. The Kier molecular flexibility index (Phi) is 9.52. The number of Topliss-reactive ketones (excluding diaryl/α,β-unsaturated/α-hetero) is 1. The van der Waals surface area contributed by atoms with E-state index in [2.05, 4.69) is 52.0 Å². The van der Waals surface area contributed by atoms with E-state index in [-0.39, 0.29) is 11.3 Å². The van der Waals surface area contributed by atoms with Crippen molar-refractivity contribution in [1.82, 2.24) is 0 Å². The zero-order valence-corrected chi connectivity index (χ0v) is 15.9. The van der Waals surface area contributed by atoms with E-state index in [1.54, 1.807) is 0 Å². The number of hydrogen-bond acceptors (Lipinski definition) is 1. The number of carbonyl (C=O) groups excluding carboxylic acids is 1. The van der Waals surface area contributed by atoms with Crippen LogP contribution < -0.4 is 0 Å². The molecule has 1 aliphatic carbocycles.